The van der Waals surface area contributed by atoms with Crippen LogP contribution in [0, 0.1) is 5.41 Å². The van der Waals surface area contributed by atoms with Gasteiger partial charge in [-0.2, -0.15) is 0 Å². The molecule has 1 saturated heterocycles. The third-order valence-electron chi connectivity index (χ3n) is 3.72. The van der Waals surface area contributed by atoms with Crippen LogP contribution in [-0.4, -0.2) is 37.0 Å². The fraction of sp³-hybridized carbons (Fsp3) is 0.929. The number of nitrogens with one attached hydrogen (secondary N) is 1. The van der Waals surface area contributed by atoms with Crippen LogP contribution in [0.15, 0.2) is 0 Å². The lowest BCUT2D eigenvalue weighted by molar-refractivity contribution is -0.132. The molecule has 100 valence electrons. The maximum atomic E-state index is 12.0. The van der Waals surface area contributed by atoms with Gasteiger partial charge in [0.1, 0.15) is 0 Å². The van der Waals surface area contributed by atoms with Crippen molar-refractivity contribution in [3.63, 3.8) is 0 Å². The van der Waals surface area contributed by atoms with Gasteiger partial charge >= 0.3 is 0 Å². The van der Waals surface area contributed by atoms with E-state index in [0.29, 0.717) is 11.9 Å². The number of carbonyl (C=O) groups is 1. The van der Waals surface area contributed by atoms with Crippen LogP contribution in [0.2, 0.25) is 0 Å². The lowest BCUT2D eigenvalue weighted by Gasteiger charge is -2.36. The zero-order chi connectivity index (χ0) is 12.9. The van der Waals surface area contributed by atoms with Crippen LogP contribution < -0.4 is 5.32 Å². The van der Waals surface area contributed by atoms with Crippen molar-refractivity contribution >= 4 is 5.91 Å². The first-order valence-corrected chi connectivity index (χ1v) is 6.90. The number of nitrogens with zero attached hydrogens (tertiary/aromatic N) is 1. The molecule has 0 aromatic carbocycles. The number of likely N-dealkylation sites (tertiary alicyclic amines) is 1. The molecule has 0 radical (unpaired) electrons. The zero-order valence-corrected chi connectivity index (χ0v) is 11.9. The van der Waals surface area contributed by atoms with Gasteiger partial charge in [-0.25, -0.2) is 0 Å². The Hall–Kier alpha value is -0.570. The molecule has 1 rings (SSSR count). The molecule has 1 fully saturated rings. The molecule has 0 saturated carbocycles. The third kappa shape index (κ3) is 4.66. The van der Waals surface area contributed by atoms with E-state index < -0.39 is 0 Å². The monoisotopic (exact) mass is 240 g/mol. The lowest BCUT2D eigenvalue weighted by atomic mass is 9.86. The number of hydrogen-bond acceptors (Lipinski definition) is 2. The minimum atomic E-state index is 0.192. The Morgan fingerprint density at radius 1 is 1.24 bits per heavy atom. The third-order valence-corrected chi connectivity index (χ3v) is 3.72. The molecule has 1 amide bonds. The Kier molecular flexibility index (Phi) is 5.44. The summed E-state index contributed by atoms with van der Waals surface area (Å²) in [5.74, 6) is 0.342. The first kappa shape index (κ1) is 14.5. The van der Waals surface area contributed by atoms with Gasteiger partial charge in [0.2, 0.25) is 5.91 Å². The van der Waals surface area contributed by atoms with Gasteiger partial charge in [-0.15, -0.1) is 0 Å². The number of likely N-dealkylation sites (N-methyl/N-ethyl adjacent to an activating group) is 1. The maximum Gasteiger partial charge on any atom is 0.222 e. The molecule has 0 aromatic heterocycles. The Labute approximate surface area is 106 Å². The molecule has 1 atom stereocenters. The first-order chi connectivity index (χ1) is 7.95. The number of carbonyl (C=O) groups excluding carboxylic acids is 1. The van der Waals surface area contributed by atoms with E-state index in [1.54, 1.807) is 0 Å². The number of rotatable bonds is 3. The summed E-state index contributed by atoms with van der Waals surface area (Å²) in [5.41, 5.74) is 0.192. The average molecular weight is 240 g/mol. The Morgan fingerprint density at radius 2 is 1.88 bits per heavy atom. The van der Waals surface area contributed by atoms with Crippen molar-refractivity contribution in [2.45, 2.75) is 58.9 Å². The SMILES string of the molecule is CNC(CN1CCCCCCC1=O)C(C)(C)C. The van der Waals surface area contributed by atoms with E-state index in [4.69, 9.17) is 0 Å². The van der Waals surface area contributed by atoms with Gasteiger partial charge in [-0.1, -0.05) is 33.6 Å². The molecule has 1 heterocycles. The Balaban J connectivity index is 2.59. The molecule has 3 nitrogen and oxygen atoms in total. The van der Waals surface area contributed by atoms with Crippen LogP contribution in [0.4, 0.5) is 0 Å². The highest BCUT2D eigenvalue weighted by atomic mass is 16.2. The smallest absolute Gasteiger partial charge is 0.222 e. The lowest BCUT2D eigenvalue weighted by Crippen LogP contribution is -2.49. The summed E-state index contributed by atoms with van der Waals surface area (Å²) in [4.78, 5) is 14.1. The van der Waals surface area contributed by atoms with E-state index in [1.165, 1.54) is 12.8 Å². The van der Waals surface area contributed by atoms with Crippen LogP contribution >= 0.6 is 0 Å². The van der Waals surface area contributed by atoms with Crippen molar-refractivity contribution < 1.29 is 4.79 Å². The highest BCUT2D eigenvalue weighted by Crippen LogP contribution is 2.21. The number of hydrogen-bond donors (Lipinski definition) is 1. The molecule has 17 heavy (non-hydrogen) atoms. The minimum absolute atomic E-state index is 0.192. The van der Waals surface area contributed by atoms with E-state index >= 15 is 0 Å². The van der Waals surface area contributed by atoms with E-state index in [1.807, 2.05) is 7.05 Å². The molecular weight excluding hydrogens is 212 g/mol. The van der Waals surface area contributed by atoms with Crippen LogP contribution in [0.25, 0.3) is 0 Å². The molecular formula is C14H28N2O. The van der Waals surface area contributed by atoms with Crippen LogP contribution in [0.3, 0.4) is 0 Å². The van der Waals surface area contributed by atoms with Gasteiger partial charge in [0.25, 0.3) is 0 Å². The highest BCUT2D eigenvalue weighted by molar-refractivity contribution is 5.76. The van der Waals surface area contributed by atoms with Crippen molar-refractivity contribution in [3.8, 4) is 0 Å². The normalized spacial score (nSPS) is 20.9. The van der Waals surface area contributed by atoms with E-state index in [2.05, 4.69) is 31.0 Å². The second-order valence-corrected chi connectivity index (χ2v) is 6.21. The van der Waals surface area contributed by atoms with Gasteiger partial charge in [-0.3, -0.25) is 4.79 Å². The van der Waals surface area contributed by atoms with Gasteiger partial charge in [0.05, 0.1) is 0 Å². The molecule has 3 heteroatoms. The standard InChI is InChI=1S/C14H28N2O/c1-14(2,3)12(15-4)11-16-10-8-6-5-7-9-13(16)17/h12,15H,5-11H2,1-4H3. The predicted molar refractivity (Wildman–Crippen MR) is 72.0 cm³/mol. The van der Waals surface area contributed by atoms with E-state index in [9.17, 15) is 4.79 Å². The summed E-state index contributed by atoms with van der Waals surface area (Å²) in [6, 6.07) is 0.367. The quantitative estimate of drug-likeness (QED) is 0.821. The summed E-state index contributed by atoms with van der Waals surface area (Å²) < 4.78 is 0. The van der Waals surface area contributed by atoms with Crippen molar-refractivity contribution in [3.05, 3.63) is 0 Å². The van der Waals surface area contributed by atoms with Gasteiger partial charge in [0.15, 0.2) is 0 Å². The predicted octanol–water partition coefficient (Wildman–Crippen LogP) is 2.41. The fourth-order valence-corrected chi connectivity index (χ4v) is 2.43. The molecule has 0 aromatic rings. The van der Waals surface area contributed by atoms with Crippen molar-refractivity contribution in [2.24, 2.45) is 5.41 Å². The Bertz CT molecular complexity index is 245. The first-order valence-electron chi connectivity index (χ1n) is 6.90. The average Bonchev–Trinajstić information content (AvgIpc) is 2.21. The molecule has 1 aliphatic heterocycles. The minimum Gasteiger partial charge on any atom is -0.341 e. The second kappa shape index (κ2) is 6.39. The van der Waals surface area contributed by atoms with E-state index in [0.717, 1.165) is 32.4 Å². The molecule has 1 aliphatic rings. The van der Waals surface area contributed by atoms with Crippen molar-refractivity contribution in [2.75, 3.05) is 20.1 Å². The molecule has 1 unspecified atom stereocenters. The van der Waals surface area contributed by atoms with Crippen LogP contribution in [0.1, 0.15) is 52.9 Å². The molecule has 1 N–H and O–H groups in total. The van der Waals surface area contributed by atoms with Crippen LogP contribution in [0.5, 0.6) is 0 Å². The summed E-state index contributed by atoms with van der Waals surface area (Å²) in [6.07, 6.45) is 5.44. The van der Waals surface area contributed by atoms with Gasteiger partial charge in [-0.05, 0) is 25.3 Å². The molecule has 0 bridgehead atoms. The van der Waals surface area contributed by atoms with Gasteiger partial charge < -0.3 is 10.2 Å². The van der Waals surface area contributed by atoms with E-state index in [-0.39, 0.29) is 5.41 Å². The second-order valence-electron chi connectivity index (χ2n) is 6.21. The zero-order valence-electron chi connectivity index (χ0n) is 11.9. The summed E-state index contributed by atoms with van der Waals surface area (Å²) in [7, 11) is 1.99. The highest BCUT2D eigenvalue weighted by Gasteiger charge is 2.27. The maximum absolute atomic E-state index is 12.0. The van der Waals surface area contributed by atoms with Gasteiger partial charge in [0, 0.05) is 25.6 Å². The van der Waals surface area contributed by atoms with Crippen LogP contribution in [-0.2, 0) is 4.79 Å². The summed E-state index contributed by atoms with van der Waals surface area (Å²) in [5, 5.41) is 3.35. The molecule has 0 aliphatic carbocycles. The summed E-state index contributed by atoms with van der Waals surface area (Å²) in [6.45, 7) is 8.46. The van der Waals surface area contributed by atoms with Crippen molar-refractivity contribution in [1.29, 1.82) is 0 Å². The molecule has 0 spiro atoms. The van der Waals surface area contributed by atoms with Crippen molar-refractivity contribution in [1.82, 2.24) is 10.2 Å². The topological polar surface area (TPSA) is 32.3 Å². The fourth-order valence-electron chi connectivity index (χ4n) is 2.43. The Morgan fingerprint density at radius 3 is 2.47 bits per heavy atom. The number of amides is 1. The largest absolute Gasteiger partial charge is 0.341 e. The summed E-state index contributed by atoms with van der Waals surface area (Å²) >= 11 is 0.